The molecule has 2 aromatic heterocycles. The van der Waals surface area contributed by atoms with Gasteiger partial charge in [-0.1, -0.05) is 61.0 Å². The number of fused-ring (bicyclic) bond motifs is 4. The lowest BCUT2D eigenvalue weighted by Crippen LogP contribution is -2.57. The van der Waals surface area contributed by atoms with Gasteiger partial charge in [0.1, 0.15) is 46.0 Å². The largest absolute Gasteiger partial charge is 0.458 e. The molecule has 3 N–H and O–H groups in total. The molecule has 4 unspecified atom stereocenters. The number of allylic oxidation sites excluding steroid dienone is 3. The van der Waals surface area contributed by atoms with E-state index < -0.39 is 16.9 Å². The molecule has 406 valence electrons. The van der Waals surface area contributed by atoms with Crippen molar-refractivity contribution in [2.75, 3.05) is 79.0 Å². The monoisotopic (exact) mass is 1080 g/mol. The molecule has 4 aromatic rings. The van der Waals surface area contributed by atoms with Gasteiger partial charge < -0.3 is 35.4 Å². The first kappa shape index (κ1) is 54.1. The quantitative estimate of drug-likeness (QED) is 0.0749. The Morgan fingerprint density at radius 1 is 0.987 bits per heavy atom. The number of benzene rings is 2. The molecule has 1 aliphatic carbocycles. The van der Waals surface area contributed by atoms with Crippen LogP contribution in [0.15, 0.2) is 111 Å². The van der Waals surface area contributed by atoms with E-state index >= 15 is 0 Å². The van der Waals surface area contributed by atoms with Gasteiger partial charge in [0.2, 0.25) is 11.8 Å². The van der Waals surface area contributed by atoms with Crippen molar-refractivity contribution >= 4 is 58.3 Å². The Balaban J connectivity index is 0.638. The van der Waals surface area contributed by atoms with Gasteiger partial charge in [-0.3, -0.25) is 24.2 Å². The molecule has 0 radical (unpaired) electrons. The van der Waals surface area contributed by atoms with E-state index in [1.807, 2.05) is 78.6 Å². The van der Waals surface area contributed by atoms with Crippen LogP contribution in [0.25, 0.3) is 5.00 Å². The summed E-state index contributed by atoms with van der Waals surface area (Å²) in [4.78, 5) is 52.3. The fraction of sp³-hybridized carbons (Fsp3) is 0.483. The first-order valence-corrected chi connectivity index (χ1v) is 28.5. The highest BCUT2D eigenvalue weighted by atomic mass is 35.5. The van der Waals surface area contributed by atoms with Gasteiger partial charge in [0.25, 0.3) is 0 Å². The van der Waals surface area contributed by atoms with Crippen LogP contribution in [-0.4, -0.2) is 166 Å². The number of rotatable bonds is 18. The van der Waals surface area contributed by atoms with Crippen LogP contribution < -0.4 is 15.8 Å². The minimum atomic E-state index is -0.702. The molecular formula is C58H73ClN14O3S. The second-order valence-electron chi connectivity index (χ2n) is 21.8. The van der Waals surface area contributed by atoms with Gasteiger partial charge in [0, 0.05) is 84.9 Å². The fourth-order valence-corrected chi connectivity index (χ4v) is 13.0. The Kier molecular flexibility index (Phi) is 16.4. The van der Waals surface area contributed by atoms with Crippen molar-refractivity contribution in [3.63, 3.8) is 0 Å². The summed E-state index contributed by atoms with van der Waals surface area (Å²) in [6.45, 7) is 20.1. The SMILES string of the molecule is Cc1sc2c(c1C)C(c1ccc(Cl)cc1)=N[C@@H](CC(=O)NCCCN1CCN(CCCN(C)C/C=C/C(=O)N3CCCC(N4N=C(C5(C)C=CC(Oc6ccccc6)=CC5)C5(C)C(N)=NC=NC45)C3)CC1)c1nnc(C)n1-2. The highest BCUT2D eigenvalue weighted by Crippen LogP contribution is 2.48. The first-order valence-electron chi connectivity index (χ1n) is 27.3. The minimum absolute atomic E-state index is 0.0121. The van der Waals surface area contributed by atoms with Crippen LogP contribution in [0.1, 0.15) is 91.6 Å². The topological polar surface area (TPSA) is 178 Å². The van der Waals surface area contributed by atoms with Crippen LogP contribution in [0.5, 0.6) is 5.75 Å². The van der Waals surface area contributed by atoms with Crippen molar-refractivity contribution in [1.29, 1.82) is 0 Å². The molecule has 2 saturated heterocycles. The molecule has 2 aromatic carbocycles. The molecule has 2 amide bonds. The zero-order chi connectivity index (χ0) is 53.8. The van der Waals surface area contributed by atoms with E-state index in [1.165, 1.54) is 4.88 Å². The van der Waals surface area contributed by atoms with Gasteiger partial charge in [-0.15, -0.1) is 21.5 Å². The van der Waals surface area contributed by atoms with Gasteiger partial charge in [-0.05, 0) is 128 Å². The second-order valence-corrected chi connectivity index (χ2v) is 23.4. The number of nitrogens with zero attached hydrogens (tertiary/aromatic N) is 12. The van der Waals surface area contributed by atoms with E-state index in [0.29, 0.717) is 49.3 Å². The number of nitrogens with one attached hydrogen (secondary N) is 1. The number of aryl methyl sites for hydroxylation is 2. The van der Waals surface area contributed by atoms with Gasteiger partial charge in [0.05, 0.1) is 23.9 Å². The molecule has 10 rings (SSSR count). The molecule has 7 heterocycles. The average molecular weight is 1080 g/mol. The third kappa shape index (κ3) is 11.6. The fourth-order valence-electron chi connectivity index (χ4n) is 11.6. The molecule has 2 fully saturated rings. The summed E-state index contributed by atoms with van der Waals surface area (Å²) in [5.74, 6) is 3.53. The standard InChI is InChI=1S/C58H73ClN14O3S/c1-39-40(2)77-53-50(39)51(42-18-20-43(59)21-19-42)64-47(52-66-65-41(3)72(52)53)36-48(74)61-26-12-29-69-32-34-70(35-33-69)30-13-28-68(6)27-11-17-49(75)71-31-10-14-44(37-71)73-56-58(5,55(60)62-38-63-56)54(67-73)57(4)24-22-46(23-25-57)76-45-15-8-7-9-16-45/h7-9,11,15-24,38,44,47,56H,10,12-14,25-37H2,1-6H3,(H,61,74)(H2,60,62,63)/b17-11+/t44?,47-,56?,57?,58?/m0/s1. The number of piperazine rings is 1. The number of halogens is 1. The van der Waals surface area contributed by atoms with Crippen LogP contribution >= 0.6 is 22.9 Å². The number of aromatic nitrogens is 3. The predicted octanol–water partition coefficient (Wildman–Crippen LogP) is 7.51. The minimum Gasteiger partial charge on any atom is -0.458 e. The Morgan fingerprint density at radius 2 is 1.74 bits per heavy atom. The van der Waals surface area contributed by atoms with Crippen molar-refractivity contribution in [2.24, 2.45) is 36.6 Å². The molecule has 0 saturated carbocycles. The van der Waals surface area contributed by atoms with E-state index in [-0.39, 0.29) is 30.4 Å². The number of aliphatic imine (C=N–C) groups is 3. The van der Waals surface area contributed by atoms with Crippen LogP contribution in [0.4, 0.5) is 0 Å². The number of nitrogens with two attached hydrogens (primary N) is 1. The highest BCUT2D eigenvalue weighted by molar-refractivity contribution is 7.15. The zero-order valence-corrected chi connectivity index (χ0v) is 46.9. The summed E-state index contributed by atoms with van der Waals surface area (Å²) in [7, 11) is 2.12. The number of amides is 2. The van der Waals surface area contributed by atoms with Crippen LogP contribution in [0.2, 0.25) is 5.02 Å². The van der Waals surface area contributed by atoms with Crippen molar-refractivity contribution in [1.82, 2.24) is 44.7 Å². The number of carbonyl (C=O) groups is 2. The van der Waals surface area contributed by atoms with Crippen molar-refractivity contribution in [2.45, 2.75) is 91.4 Å². The maximum absolute atomic E-state index is 13.7. The number of likely N-dealkylation sites (tertiary alicyclic amines) is 1. The summed E-state index contributed by atoms with van der Waals surface area (Å²) in [5, 5.41) is 21.3. The average Bonchev–Trinajstić information content (AvgIpc) is 4.06. The number of amidine groups is 1. The predicted molar refractivity (Wildman–Crippen MR) is 308 cm³/mol. The second kappa shape index (κ2) is 23.3. The van der Waals surface area contributed by atoms with Crippen LogP contribution in [0.3, 0.4) is 0 Å². The highest BCUT2D eigenvalue weighted by Gasteiger charge is 2.58. The maximum atomic E-state index is 13.7. The number of piperidine rings is 1. The number of hydrogen-bond donors (Lipinski definition) is 2. The Labute approximate surface area is 462 Å². The van der Waals surface area contributed by atoms with E-state index in [4.69, 9.17) is 37.2 Å². The number of thiophene rings is 1. The third-order valence-corrected chi connectivity index (χ3v) is 17.7. The van der Waals surface area contributed by atoms with Gasteiger partial charge in [-0.25, -0.2) is 9.98 Å². The number of para-hydroxylation sites is 1. The molecule has 5 atom stereocenters. The van der Waals surface area contributed by atoms with Crippen molar-refractivity contribution in [3.05, 3.63) is 129 Å². The summed E-state index contributed by atoms with van der Waals surface area (Å²) < 4.78 is 8.22. The summed E-state index contributed by atoms with van der Waals surface area (Å²) in [6, 6.07) is 17.0. The lowest BCUT2D eigenvalue weighted by Gasteiger charge is -2.42. The Hall–Kier alpha value is -6.31. The van der Waals surface area contributed by atoms with E-state index in [0.717, 1.165) is 122 Å². The first-order chi connectivity index (χ1) is 37.2. The van der Waals surface area contributed by atoms with Crippen LogP contribution in [0, 0.1) is 31.6 Å². The molecule has 19 heteroatoms. The zero-order valence-electron chi connectivity index (χ0n) is 45.4. The van der Waals surface area contributed by atoms with E-state index in [1.54, 1.807) is 23.8 Å². The smallest absolute Gasteiger partial charge is 0.246 e. The molecular weight excluding hydrogens is 1010 g/mol. The van der Waals surface area contributed by atoms with Crippen LogP contribution in [-0.2, 0) is 9.59 Å². The lowest BCUT2D eigenvalue weighted by molar-refractivity contribution is -0.128. The summed E-state index contributed by atoms with van der Waals surface area (Å²) in [6.07, 6.45) is 15.8. The number of ether oxygens (including phenoxy) is 1. The normalized spacial score (nSPS) is 24.5. The summed E-state index contributed by atoms with van der Waals surface area (Å²) in [5.41, 5.74) is 10.5. The lowest BCUT2D eigenvalue weighted by atomic mass is 9.66. The van der Waals surface area contributed by atoms with E-state index in [2.05, 4.69) is 91.7 Å². The molecule has 0 bridgehead atoms. The molecule has 17 nitrogen and oxygen atoms in total. The molecule has 77 heavy (non-hydrogen) atoms. The number of likely N-dealkylation sites (N-methyl/N-ethyl adjacent to an activating group) is 1. The molecule has 0 spiro atoms. The Bertz CT molecular complexity index is 3030. The Morgan fingerprint density at radius 3 is 2.48 bits per heavy atom. The molecule has 6 aliphatic rings. The number of carbonyl (C=O) groups excluding carboxylic acids is 2. The van der Waals surface area contributed by atoms with Gasteiger partial charge in [0.15, 0.2) is 12.0 Å². The van der Waals surface area contributed by atoms with Crippen molar-refractivity contribution in [3.8, 4) is 10.8 Å². The van der Waals surface area contributed by atoms with Gasteiger partial charge in [-0.2, -0.15) is 5.10 Å². The number of hydrogen-bond acceptors (Lipinski definition) is 15. The number of hydrazone groups is 1. The van der Waals surface area contributed by atoms with Crippen molar-refractivity contribution < 1.29 is 14.3 Å². The summed E-state index contributed by atoms with van der Waals surface area (Å²) >= 11 is 7.99. The van der Waals surface area contributed by atoms with E-state index in [9.17, 15) is 9.59 Å². The van der Waals surface area contributed by atoms with Gasteiger partial charge >= 0.3 is 0 Å². The molecule has 5 aliphatic heterocycles. The maximum Gasteiger partial charge on any atom is 0.246 e. The third-order valence-electron chi connectivity index (χ3n) is 16.2.